The minimum atomic E-state index is -3.92. The molecular weight excluding hydrogens is 388 g/mol. The fourth-order valence-electron chi connectivity index (χ4n) is 3.03. The smallest absolute Gasteiger partial charge is 0.271 e. The van der Waals surface area contributed by atoms with E-state index in [4.69, 9.17) is 0 Å². The summed E-state index contributed by atoms with van der Waals surface area (Å²) in [6, 6.07) is 21.7. The molecule has 1 amide bonds. The number of aromatic amines is 1. The Morgan fingerprint density at radius 3 is 2.48 bits per heavy atom. The summed E-state index contributed by atoms with van der Waals surface area (Å²) in [4.78, 5) is 12.6. The number of carbonyl (C=O) groups excluding carboxylic acids is 1. The number of H-pyrrole nitrogens is 1. The Labute approximate surface area is 167 Å². The van der Waals surface area contributed by atoms with Crippen molar-refractivity contribution in [2.24, 2.45) is 0 Å². The Balaban J connectivity index is 1.57. The molecule has 0 fully saturated rings. The lowest BCUT2D eigenvalue weighted by atomic mass is 10.1. The van der Waals surface area contributed by atoms with Gasteiger partial charge in [-0.2, -0.15) is 5.10 Å². The standard InChI is InChI=1S/C21H18N4O3S/c26-21(22-13-15-7-2-1-3-8-15)20-18(14-23-24-20)25-29(27,28)19-12-6-10-16-9-4-5-11-17(16)19/h1-12,14,25H,13H2,(H,22,26)(H,23,24). The van der Waals surface area contributed by atoms with Gasteiger partial charge in [-0.05, 0) is 17.0 Å². The Hall–Kier alpha value is -3.65. The molecule has 4 rings (SSSR count). The highest BCUT2D eigenvalue weighted by Gasteiger charge is 2.22. The van der Waals surface area contributed by atoms with E-state index in [0.717, 1.165) is 10.9 Å². The summed E-state index contributed by atoms with van der Waals surface area (Å²) in [7, 11) is -3.92. The molecule has 0 spiro atoms. The van der Waals surface area contributed by atoms with Crippen molar-refractivity contribution in [1.82, 2.24) is 15.5 Å². The third-order valence-electron chi connectivity index (χ3n) is 4.45. The highest BCUT2D eigenvalue weighted by Crippen LogP contribution is 2.25. The van der Waals surface area contributed by atoms with Gasteiger partial charge in [0.1, 0.15) is 5.69 Å². The maximum absolute atomic E-state index is 13.0. The first-order valence-electron chi connectivity index (χ1n) is 8.91. The molecule has 0 saturated heterocycles. The second-order valence-electron chi connectivity index (χ2n) is 6.41. The van der Waals surface area contributed by atoms with Gasteiger partial charge < -0.3 is 5.32 Å². The first-order chi connectivity index (χ1) is 14.0. The molecule has 29 heavy (non-hydrogen) atoms. The van der Waals surface area contributed by atoms with Crippen LogP contribution in [0.5, 0.6) is 0 Å². The van der Waals surface area contributed by atoms with Crippen LogP contribution in [0, 0.1) is 0 Å². The highest BCUT2D eigenvalue weighted by atomic mass is 32.2. The molecule has 0 aliphatic heterocycles. The van der Waals surface area contributed by atoms with Gasteiger partial charge >= 0.3 is 0 Å². The van der Waals surface area contributed by atoms with Crippen molar-refractivity contribution in [3.05, 3.63) is 90.3 Å². The number of benzene rings is 3. The molecule has 7 nitrogen and oxygen atoms in total. The predicted molar refractivity (Wildman–Crippen MR) is 111 cm³/mol. The highest BCUT2D eigenvalue weighted by molar-refractivity contribution is 7.93. The maximum atomic E-state index is 13.0. The third-order valence-corrected chi connectivity index (χ3v) is 5.87. The van der Waals surface area contributed by atoms with E-state index in [9.17, 15) is 13.2 Å². The van der Waals surface area contributed by atoms with Crippen molar-refractivity contribution in [2.45, 2.75) is 11.4 Å². The Kier molecular flexibility index (Phi) is 5.01. The fourth-order valence-corrected chi connectivity index (χ4v) is 4.32. The Morgan fingerprint density at radius 1 is 0.931 bits per heavy atom. The molecule has 3 N–H and O–H groups in total. The summed E-state index contributed by atoms with van der Waals surface area (Å²) >= 11 is 0. The number of sulfonamides is 1. The van der Waals surface area contributed by atoms with Gasteiger partial charge in [-0.1, -0.05) is 66.7 Å². The molecule has 3 aromatic carbocycles. The Morgan fingerprint density at radius 2 is 1.66 bits per heavy atom. The lowest BCUT2D eigenvalue weighted by molar-refractivity contribution is 0.0947. The monoisotopic (exact) mass is 406 g/mol. The number of rotatable bonds is 6. The number of amides is 1. The number of fused-ring (bicyclic) bond motifs is 1. The molecule has 0 aliphatic rings. The van der Waals surface area contributed by atoms with E-state index >= 15 is 0 Å². The molecule has 8 heteroatoms. The molecule has 0 aliphatic carbocycles. The van der Waals surface area contributed by atoms with Crippen LogP contribution in [0.1, 0.15) is 16.1 Å². The zero-order valence-electron chi connectivity index (χ0n) is 15.3. The first-order valence-corrected chi connectivity index (χ1v) is 10.4. The van der Waals surface area contributed by atoms with Crippen molar-refractivity contribution in [2.75, 3.05) is 4.72 Å². The van der Waals surface area contributed by atoms with Crippen LogP contribution in [0.15, 0.2) is 83.9 Å². The van der Waals surface area contributed by atoms with Crippen molar-refractivity contribution in [3.63, 3.8) is 0 Å². The number of carbonyl (C=O) groups is 1. The van der Waals surface area contributed by atoms with Gasteiger partial charge in [0.2, 0.25) is 0 Å². The van der Waals surface area contributed by atoms with Crippen LogP contribution in [0.4, 0.5) is 5.69 Å². The summed E-state index contributed by atoms with van der Waals surface area (Å²) < 4.78 is 28.4. The summed E-state index contributed by atoms with van der Waals surface area (Å²) in [5.74, 6) is -0.457. The van der Waals surface area contributed by atoms with Crippen LogP contribution in [0.2, 0.25) is 0 Å². The second kappa shape index (κ2) is 7.76. The van der Waals surface area contributed by atoms with Gasteiger partial charge in [-0.25, -0.2) is 8.42 Å². The van der Waals surface area contributed by atoms with Crippen molar-refractivity contribution in [1.29, 1.82) is 0 Å². The van der Waals surface area contributed by atoms with E-state index in [1.165, 1.54) is 12.3 Å². The van der Waals surface area contributed by atoms with Crippen LogP contribution < -0.4 is 10.0 Å². The van der Waals surface area contributed by atoms with E-state index in [1.54, 1.807) is 18.2 Å². The number of nitrogens with one attached hydrogen (secondary N) is 3. The average Bonchev–Trinajstić information content (AvgIpc) is 3.20. The molecule has 0 saturated carbocycles. The minimum Gasteiger partial charge on any atom is -0.347 e. The summed E-state index contributed by atoms with van der Waals surface area (Å²) in [6.07, 6.45) is 1.28. The molecular formula is C21H18N4O3S. The topological polar surface area (TPSA) is 104 Å². The van der Waals surface area contributed by atoms with Crippen LogP contribution in [-0.4, -0.2) is 24.5 Å². The molecule has 0 atom stereocenters. The number of anilines is 1. The van der Waals surface area contributed by atoms with E-state index in [2.05, 4.69) is 20.2 Å². The van der Waals surface area contributed by atoms with Gasteiger partial charge in [-0.15, -0.1) is 0 Å². The largest absolute Gasteiger partial charge is 0.347 e. The number of hydrogen-bond acceptors (Lipinski definition) is 4. The number of nitrogens with zero attached hydrogens (tertiary/aromatic N) is 1. The van der Waals surface area contributed by atoms with E-state index in [-0.39, 0.29) is 16.3 Å². The fraction of sp³-hybridized carbons (Fsp3) is 0.0476. The molecule has 0 bridgehead atoms. The lowest BCUT2D eigenvalue weighted by Crippen LogP contribution is -2.25. The van der Waals surface area contributed by atoms with Crippen LogP contribution >= 0.6 is 0 Å². The van der Waals surface area contributed by atoms with Crippen molar-refractivity contribution < 1.29 is 13.2 Å². The Bertz CT molecular complexity index is 1260. The molecule has 4 aromatic rings. The van der Waals surface area contributed by atoms with Crippen LogP contribution in [0.3, 0.4) is 0 Å². The van der Waals surface area contributed by atoms with Gasteiger partial charge in [0.15, 0.2) is 0 Å². The van der Waals surface area contributed by atoms with Gasteiger partial charge in [-0.3, -0.25) is 14.6 Å². The SMILES string of the molecule is O=C(NCc1ccccc1)c1[nH]ncc1NS(=O)(=O)c1cccc2ccccc12. The molecule has 146 valence electrons. The van der Waals surface area contributed by atoms with E-state index < -0.39 is 15.9 Å². The molecule has 0 radical (unpaired) electrons. The summed E-state index contributed by atoms with van der Waals surface area (Å²) in [5, 5.41) is 10.5. The number of aromatic nitrogens is 2. The quantitative estimate of drug-likeness (QED) is 0.457. The van der Waals surface area contributed by atoms with Gasteiger partial charge in [0, 0.05) is 11.9 Å². The average molecular weight is 406 g/mol. The van der Waals surface area contributed by atoms with E-state index in [0.29, 0.717) is 11.9 Å². The number of hydrogen-bond donors (Lipinski definition) is 3. The maximum Gasteiger partial charge on any atom is 0.271 e. The summed E-state index contributed by atoms with van der Waals surface area (Å²) in [5.41, 5.74) is 1.06. The normalized spacial score (nSPS) is 11.3. The molecule has 1 aromatic heterocycles. The van der Waals surface area contributed by atoms with Gasteiger partial charge in [0.05, 0.1) is 16.8 Å². The zero-order valence-corrected chi connectivity index (χ0v) is 16.1. The molecule has 0 unspecified atom stereocenters. The predicted octanol–water partition coefficient (Wildman–Crippen LogP) is 3.29. The lowest BCUT2D eigenvalue weighted by Gasteiger charge is -2.11. The van der Waals surface area contributed by atoms with Crippen molar-refractivity contribution in [3.8, 4) is 0 Å². The first kappa shape index (κ1) is 18.7. The van der Waals surface area contributed by atoms with E-state index in [1.807, 2.05) is 48.5 Å². The zero-order chi connectivity index (χ0) is 20.3. The van der Waals surface area contributed by atoms with Crippen LogP contribution in [-0.2, 0) is 16.6 Å². The summed E-state index contributed by atoms with van der Waals surface area (Å²) in [6.45, 7) is 0.314. The second-order valence-corrected chi connectivity index (χ2v) is 8.06. The van der Waals surface area contributed by atoms with Crippen molar-refractivity contribution >= 4 is 32.4 Å². The third kappa shape index (κ3) is 3.97. The van der Waals surface area contributed by atoms with Crippen LogP contribution in [0.25, 0.3) is 10.8 Å². The minimum absolute atomic E-state index is 0.0461. The molecule has 1 heterocycles. The van der Waals surface area contributed by atoms with Gasteiger partial charge in [0.25, 0.3) is 15.9 Å².